The Morgan fingerprint density at radius 2 is 1.83 bits per heavy atom. The molecule has 0 spiro atoms. The monoisotopic (exact) mass is 519 g/mol. The molecular weight excluding hydrogens is 495 g/mol. The Hall–Kier alpha value is -3.53. The number of alkyl halides is 3. The summed E-state index contributed by atoms with van der Waals surface area (Å²) in [7, 11) is 0. The van der Waals surface area contributed by atoms with E-state index in [0.717, 1.165) is 16.5 Å². The number of ether oxygens (including phenoxy) is 2. The van der Waals surface area contributed by atoms with Gasteiger partial charge in [-0.25, -0.2) is 4.98 Å². The lowest BCUT2D eigenvalue weighted by molar-refractivity contribution is -0.138. The number of aromatic nitrogens is 1. The van der Waals surface area contributed by atoms with Crippen LogP contribution in [0.1, 0.15) is 40.4 Å². The van der Waals surface area contributed by atoms with Crippen molar-refractivity contribution in [2.24, 2.45) is 0 Å². The Kier molecular flexibility index (Phi) is 8.98. The van der Waals surface area contributed by atoms with Crippen LogP contribution in [0.2, 0.25) is 0 Å². The van der Waals surface area contributed by atoms with Crippen molar-refractivity contribution in [1.29, 1.82) is 0 Å². The normalized spacial score (nSPS) is 12.1. The summed E-state index contributed by atoms with van der Waals surface area (Å²) >= 11 is 1.22. The second-order valence-corrected chi connectivity index (χ2v) is 8.96. The summed E-state index contributed by atoms with van der Waals surface area (Å²) in [6.07, 6.45) is -4.15. The van der Waals surface area contributed by atoms with Crippen LogP contribution in [0, 0.1) is 6.92 Å². The van der Waals surface area contributed by atoms with E-state index in [1.54, 1.807) is 43.3 Å². The van der Waals surface area contributed by atoms with Crippen LogP contribution in [0.4, 0.5) is 13.2 Å². The van der Waals surface area contributed by atoms with E-state index in [1.807, 2.05) is 6.92 Å². The zero-order valence-corrected chi connectivity index (χ0v) is 20.4. The molecule has 3 aromatic rings. The van der Waals surface area contributed by atoms with Crippen molar-refractivity contribution in [3.05, 3.63) is 83.0 Å². The number of thioether (sulfide) groups is 1. The van der Waals surface area contributed by atoms with Gasteiger partial charge in [-0.15, -0.1) is 11.8 Å². The molecule has 0 saturated heterocycles. The van der Waals surface area contributed by atoms with Crippen molar-refractivity contribution < 1.29 is 37.3 Å². The van der Waals surface area contributed by atoms with Crippen LogP contribution in [-0.4, -0.2) is 40.3 Å². The number of halogens is 3. The molecule has 0 aliphatic rings. The fourth-order valence-corrected chi connectivity index (χ4v) is 3.94. The minimum Gasteiger partial charge on any atom is -0.493 e. The molecule has 0 saturated carbocycles. The average molecular weight is 520 g/mol. The second-order valence-electron chi connectivity index (χ2n) is 7.94. The molecule has 1 heterocycles. The first-order chi connectivity index (χ1) is 17.0. The molecule has 10 heteroatoms. The number of aryl methyl sites for hydroxylation is 1. The first kappa shape index (κ1) is 27.1. The second kappa shape index (κ2) is 11.9. The number of nitrogens with zero attached hydrogens (tertiary/aromatic N) is 1. The van der Waals surface area contributed by atoms with E-state index in [0.29, 0.717) is 18.4 Å². The minimum absolute atomic E-state index is 0.0390. The van der Waals surface area contributed by atoms with Gasteiger partial charge in [-0.1, -0.05) is 30.3 Å². The maximum Gasteiger partial charge on any atom is 0.417 e. The number of aliphatic carboxylic acids is 1. The number of rotatable bonds is 11. The van der Waals surface area contributed by atoms with Crippen molar-refractivity contribution >= 4 is 23.5 Å². The summed E-state index contributed by atoms with van der Waals surface area (Å²) in [5.41, 5.74) is -0.208. The fraction of sp³-hybridized carbons (Fsp3) is 0.269. The van der Waals surface area contributed by atoms with E-state index in [-0.39, 0.29) is 29.4 Å². The Labute approximate surface area is 210 Å². The predicted molar refractivity (Wildman–Crippen MR) is 129 cm³/mol. The molecule has 0 aliphatic heterocycles. The highest BCUT2D eigenvalue weighted by molar-refractivity contribution is 8.00. The van der Waals surface area contributed by atoms with Gasteiger partial charge < -0.3 is 14.6 Å². The van der Waals surface area contributed by atoms with Crippen LogP contribution < -0.4 is 9.47 Å². The van der Waals surface area contributed by atoms with Crippen LogP contribution in [0.3, 0.4) is 0 Å². The summed E-state index contributed by atoms with van der Waals surface area (Å²) in [5, 5.41) is 8.82. The van der Waals surface area contributed by atoms with Crippen molar-refractivity contribution in [3.63, 3.8) is 0 Å². The molecular formula is C26H24F3NO5S. The number of ketones is 1. The molecule has 1 aromatic heterocycles. The largest absolute Gasteiger partial charge is 0.493 e. The third-order valence-electron chi connectivity index (χ3n) is 5.06. The van der Waals surface area contributed by atoms with E-state index in [9.17, 15) is 22.8 Å². The Balaban J connectivity index is 1.66. The van der Waals surface area contributed by atoms with E-state index in [2.05, 4.69) is 4.98 Å². The van der Waals surface area contributed by atoms with Gasteiger partial charge in [0.05, 0.1) is 23.5 Å². The zero-order valence-electron chi connectivity index (χ0n) is 19.5. The van der Waals surface area contributed by atoms with Crippen molar-refractivity contribution in [2.45, 2.75) is 37.4 Å². The number of carbonyl (C=O) groups excluding carboxylic acids is 1. The summed E-state index contributed by atoms with van der Waals surface area (Å²) in [6.45, 7) is 3.80. The summed E-state index contributed by atoms with van der Waals surface area (Å²) in [6, 6.07) is 14.0. The van der Waals surface area contributed by atoms with Crippen LogP contribution in [-0.2, 0) is 11.0 Å². The number of hydrogen-bond donors (Lipinski definition) is 1. The molecule has 3 rings (SSSR count). The molecule has 6 nitrogen and oxygen atoms in total. The summed E-state index contributed by atoms with van der Waals surface area (Å²) < 4.78 is 51.3. The van der Waals surface area contributed by atoms with Crippen LogP contribution in [0.25, 0.3) is 0 Å². The standard InChI is InChI=1S/C26H24F3NO5S/c1-16-12-20(8-9-22(16)36-15-23(31)32)34-11-10-17(2)35-25-21(13-19(14-30-25)26(27,28)29)24(33)18-6-4-3-5-7-18/h3-9,12-14,17H,10-11,15H2,1-2H3,(H,31,32). The van der Waals surface area contributed by atoms with Gasteiger partial charge in [0.15, 0.2) is 5.78 Å². The lowest BCUT2D eigenvalue weighted by Gasteiger charge is -2.18. The third-order valence-corrected chi connectivity index (χ3v) is 6.22. The lowest BCUT2D eigenvalue weighted by atomic mass is 10.0. The van der Waals surface area contributed by atoms with Crippen molar-refractivity contribution in [1.82, 2.24) is 4.98 Å². The number of benzene rings is 2. The highest BCUT2D eigenvalue weighted by atomic mass is 32.2. The van der Waals surface area contributed by atoms with Crippen molar-refractivity contribution in [3.8, 4) is 11.6 Å². The van der Waals surface area contributed by atoms with E-state index >= 15 is 0 Å². The number of carbonyl (C=O) groups is 2. The van der Waals surface area contributed by atoms with Gasteiger partial charge in [-0.2, -0.15) is 13.2 Å². The highest BCUT2D eigenvalue weighted by Gasteiger charge is 2.33. The highest BCUT2D eigenvalue weighted by Crippen LogP contribution is 2.32. The quantitative estimate of drug-likeness (QED) is 0.244. The molecule has 1 N–H and O–H groups in total. The number of carboxylic acid groups (broad SMARTS) is 1. The number of carboxylic acids is 1. The maximum atomic E-state index is 13.3. The molecule has 36 heavy (non-hydrogen) atoms. The number of pyridine rings is 1. The van der Waals surface area contributed by atoms with E-state index in [4.69, 9.17) is 14.6 Å². The fourth-order valence-electron chi connectivity index (χ4n) is 3.21. The Morgan fingerprint density at radius 1 is 1.11 bits per heavy atom. The Bertz CT molecular complexity index is 1220. The molecule has 190 valence electrons. The first-order valence-corrected chi connectivity index (χ1v) is 11.9. The molecule has 0 fully saturated rings. The van der Waals surface area contributed by atoms with Gasteiger partial charge in [0, 0.05) is 23.1 Å². The van der Waals surface area contributed by atoms with Crippen LogP contribution in [0.5, 0.6) is 11.6 Å². The lowest BCUT2D eigenvalue weighted by Crippen LogP contribution is -2.19. The third kappa shape index (κ3) is 7.48. The SMILES string of the molecule is Cc1cc(OCCC(C)Oc2ncc(C(F)(F)F)cc2C(=O)c2ccccc2)ccc1SCC(=O)O. The average Bonchev–Trinajstić information content (AvgIpc) is 2.83. The van der Waals surface area contributed by atoms with Gasteiger partial charge in [0.2, 0.25) is 5.88 Å². The predicted octanol–water partition coefficient (Wildman–Crippen LogP) is 6.05. The maximum absolute atomic E-state index is 13.3. The first-order valence-electron chi connectivity index (χ1n) is 11.0. The van der Waals surface area contributed by atoms with Gasteiger partial charge >= 0.3 is 12.1 Å². The van der Waals surface area contributed by atoms with Gasteiger partial charge in [0.25, 0.3) is 0 Å². The minimum atomic E-state index is -4.66. The molecule has 1 unspecified atom stereocenters. The van der Waals surface area contributed by atoms with Gasteiger partial charge in [0.1, 0.15) is 11.9 Å². The van der Waals surface area contributed by atoms with E-state index in [1.165, 1.54) is 23.9 Å². The summed E-state index contributed by atoms with van der Waals surface area (Å²) in [5.74, 6) is -1.15. The smallest absolute Gasteiger partial charge is 0.417 e. The van der Waals surface area contributed by atoms with Crippen LogP contribution in [0.15, 0.2) is 65.7 Å². The summed E-state index contributed by atoms with van der Waals surface area (Å²) in [4.78, 5) is 28.3. The van der Waals surface area contributed by atoms with Gasteiger partial charge in [-0.3, -0.25) is 9.59 Å². The van der Waals surface area contributed by atoms with Crippen LogP contribution >= 0.6 is 11.8 Å². The Morgan fingerprint density at radius 3 is 2.47 bits per heavy atom. The zero-order chi connectivity index (χ0) is 26.3. The van der Waals surface area contributed by atoms with Gasteiger partial charge in [-0.05, 0) is 43.7 Å². The van der Waals surface area contributed by atoms with E-state index < -0.39 is 29.6 Å². The molecule has 0 bridgehead atoms. The molecule has 0 radical (unpaired) electrons. The topological polar surface area (TPSA) is 85.7 Å². The molecule has 0 aliphatic carbocycles. The molecule has 0 amide bonds. The number of hydrogen-bond acceptors (Lipinski definition) is 6. The molecule has 2 aromatic carbocycles. The van der Waals surface area contributed by atoms with Crippen molar-refractivity contribution in [2.75, 3.05) is 12.4 Å². The molecule has 1 atom stereocenters.